The highest BCUT2D eigenvalue weighted by Crippen LogP contribution is 2.48. The number of halogens is 2. The molecule has 1 unspecified atom stereocenters. The molecular weight excluding hydrogens is 565 g/mol. The lowest BCUT2D eigenvalue weighted by Crippen LogP contribution is -2.55. The minimum atomic E-state index is -1.35. The van der Waals surface area contributed by atoms with Crippen LogP contribution in [0.15, 0.2) is 97.2 Å². The number of aromatic nitrogens is 1. The molecule has 2 heterocycles. The second kappa shape index (κ2) is 13.1. The Bertz CT molecular complexity index is 1480. The molecule has 0 aliphatic carbocycles. The van der Waals surface area contributed by atoms with Crippen LogP contribution in [-0.4, -0.2) is 50.0 Å². The maximum absolute atomic E-state index is 14.2. The van der Waals surface area contributed by atoms with Gasteiger partial charge in [-0.1, -0.05) is 83.9 Å². The summed E-state index contributed by atoms with van der Waals surface area (Å²) in [5, 5.41) is 34.3. The quantitative estimate of drug-likeness (QED) is 0.154. The van der Waals surface area contributed by atoms with Gasteiger partial charge in [0.15, 0.2) is 0 Å². The lowest BCUT2D eigenvalue weighted by molar-refractivity contribution is -0.0943. The van der Waals surface area contributed by atoms with Gasteiger partial charge < -0.3 is 20.2 Å². The predicted molar refractivity (Wildman–Crippen MR) is 155 cm³/mol. The van der Waals surface area contributed by atoms with Crippen molar-refractivity contribution in [3.63, 3.8) is 0 Å². The Balaban J connectivity index is 1.60. The first-order valence-electron chi connectivity index (χ1n) is 13.1. The Morgan fingerprint density at radius 3 is 2.37 bits per heavy atom. The monoisotopic (exact) mass is 593 g/mol. The highest BCUT2D eigenvalue weighted by Gasteiger charge is 2.48. The summed E-state index contributed by atoms with van der Waals surface area (Å²) in [6.45, 7) is -0.481. The van der Waals surface area contributed by atoms with Crippen molar-refractivity contribution in [2.24, 2.45) is 0 Å². The number of aliphatic hydroxyl groups excluding tert-OH is 3. The van der Waals surface area contributed by atoms with Crippen molar-refractivity contribution < 1.29 is 25.0 Å². The zero-order valence-corrected chi connectivity index (χ0v) is 23.4. The van der Waals surface area contributed by atoms with Crippen molar-refractivity contribution in [1.29, 1.82) is 0 Å². The van der Waals surface area contributed by atoms with Gasteiger partial charge in [-0.15, -0.1) is 0 Å². The number of carbonyl (C=O) groups is 1. The van der Waals surface area contributed by atoms with Crippen LogP contribution in [0.4, 0.5) is 0 Å². The van der Waals surface area contributed by atoms with Crippen molar-refractivity contribution >= 4 is 29.1 Å². The van der Waals surface area contributed by atoms with Crippen LogP contribution in [0.5, 0.6) is 0 Å². The number of rotatable bonds is 10. The summed E-state index contributed by atoms with van der Waals surface area (Å²) in [5.41, 5.74) is 5.24. The number of aliphatic hydroxyl groups is 3. The lowest BCUT2D eigenvalue weighted by atomic mass is 9.77. The highest BCUT2D eigenvalue weighted by atomic mass is 35.5. The van der Waals surface area contributed by atoms with E-state index in [0.29, 0.717) is 33.0 Å². The van der Waals surface area contributed by atoms with E-state index < -0.39 is 42.8 Å². The fraction of sp³-hybridized carbons (Fsp3) is 0.226. The average Bonchev–Trinajstić information content (AvgIpc) is 2.99. The van der Waals surface area contributed by atoms with E-state index in [9.17, 15) is 20.1 Å². The molecule has 5 atom stereocenters. The van der Waals surface area contributed by atoms with E-state index in [1.54, 1.807) is 85.1 Å². The summed E-state index contributed by atoms with van der Waals surface area (Å²) in [4.78, 5) is 25.4. The molecule has 41 heavy (non-hydrogen) atoms. The van der Waals surface area contributed by atoms with Crippen molar-refractivity contribution in [3.8, 4) is 0 Å². The lowest BCUT2D eigenvalue weighted by Gasteiger charge is -2.48. The SMILES string of the molecule is O=C1c2ccccc2[C@@H](C(O)NOCc2ccccn2)[C@H](c2ccc(Cl)cc2Cl)N1[C@@H](CO)[C@@H](O)c1ccccc1. The maximum atomic E-state index is 14.2. The molecule has 0 bridgehead atoms. The topological polar surface area (TPSA) is 115 Å². The van der Waals surface area contributed by atoms with E-state index in [-0.39, 0.29) is 11.6 Å². The second-order valence-corrected chi connectivity index (χ2v) is 10.6. The summed E-state index contributed by atoms with van der Waals surface area (Å²) < 4.78 is 0. The first-order valence-corrected chi connectivity index (χ1v) is 13.8. The van der Waals surface area contributed by atoms with Gasteiger partial charge in [0.25, 0.3) is 5.91 Å². The Hall–Kier alpha value is -3.34. The van der Waals surface area contributed by atoms with Crippen LogP contribution in [0, 0.1) is 0 Å². The Labute approximate surface area is 247 Å². The molecule has 212 valence electrons. The molecule has 1 aliphatic heterocycles. The highest BCUT2D eigenvalue weighted by molar-refractivity contribution is 6.35. The van der Waals surface area contributed by atoms with Gasteiger partial charge in [-0.2, -0.15) is 5.48 Å². The molecule has 0 saturated heterocycles. The molecule has 1 aromatic heterocycles. The van der Waals surface area contributed by atoms with Gasteiger partial charge in [0.05, 0.1) is 30.3 Å². The molecule has 4 aromatic rings. The smallest absolute Gasteiger partial charge is 0.255 e. The van der Waals surface area contributed by atoms with Crippen LogP contribution in [-0.2, 0) is 11.4 Å². The molecule has 1 amide bonds. The summed E-state index contributed by atoms with van der Waals surface area (Å²) in [6, 6.07) is 24.0. The second-order valence-electron chi connectivity index (χ2n) is 9.71. The van der Waals surface area contributed by atoms with Gasteiger partial charge in [0.2, 0.25) is 0 Å². The number of fused-ring (bicyclic) bond motifs is 1. The number of nitrogens with zero attached hydrogens (tertiary/aromatic N) is 2. The Kier molecular flexibility index (Phi) is 9.32. The molecule has 0 saturated carbocycles. The normalized spacial score (nSPS) is 19.0. The minimum Gasteiger partial charge on any atom is -0.394 e. The number of carbonyl (C=O) groups excluding carboxylic acids is 1. The van der Waals surface area contributed by atoms with Crippen LogP contribution in [0.1, 0.15) is 50.8 Å². The Morgan fingerprint density at radius 1 is 0.927 bits per heavy atom. The molecule has 4 N–H and O–H groups in total. The van der Waals surface area contributed by atoms with E-state index in [2.05, 4.69) is 10.5 Å². The molecule has 1 aliphatic rings. The molecule has 8 nitrogen and oxygen atoms in total. The zero-order chi connectivity index (χ0) is 28.9. The third-order valence-corrected chi connectivity index (χ3v) is 7.81. The number of hydroxylamine groups is 1. The van der Waals surface area contributed by atoms with Gasteiger partial charge in [-0.3, -0.25) is 14.6 Å². The number of nitrogens with one attached hydrogen (secondary N) is 1. The Morgan fingerprint density at radius 2 is 1.66 bits per heavy atom. The van der Waals surface area contributed by atoms with Crippen molar-refractivity contribution in [1.82, 2.24) is 15.4 Å². The molecule has 0 radical (unpaired) electrons. The minimum absolute atomic E-state index is 0.0767. The number of benzene rings is 3. The van der Waals surface area contributed by atoms with Gasteiger partial charge in [0, 0.05) is 21.8 Å². The summed E-state index contributed by atoms with van der Waals surface area (Å²) in [7, 11) is 0. The van der Waals surface area contributed by atoms with Crippen LogP contribution < -0.4 is 5.48 Å². The molecule has 0 spiro atoms. The van der Waals surface area contributed by atoms with Crippen LogP contribution in [0.2, 0.25) is 10.0 Å². The van der Waals surface area contributed by atoms with Crippen LogP contribution in [0.3, 0.4) is 0 Å². The number of amides is 1. The molecule has 3 aromatic carbocycles. The van der Waals surface area contributed by atoms with Crippen LogP contribution >= 0.6 is 23.2 Å². The van der Waals surface area contributed by atoms with Crippen LogP contribution in [0.25, 0.3) is 0 Å². The van der Waals surface area contributed by atoms with Gasteiger partial charge in [0.1, 0.15) is 18.9 Å². The van der Waals surface area contributed by atoms with Gasteiger partial charge in [-0.05, 0) is 47.0 Å². The average molecular weight is 594 g/mol. The van der Waals surface area contributed by atoms with E-state index >= 15 is 0 Å². The molecular formula is C31H29Cl2N3O5. The first-order chi connectivity index (χ1) is 19.9. The van der Waals surface area contributed by atoms with E-state index in [0.717, 1.165) is 0 Å². The number of hydrogen-bond acceptors (Lipinski definition) is 7. The van der Waals surface area contributed by atoms with Gasteiger partial charge in [-0.25, -0.2) is 0 Å². The number of pyridine rings is 1. The van der Waals surface area contributed by atoms with Gasteiger partial charge >= 0.3 is 0 Å². The summed E-state index contributed by atoms with van der Waals surface area (Å²) >= 11 is 12.9. The van der Waals surface area contributed by atoms with Crippen molar-refractivity contribution in [2.75, 3.05) is 6.61 Å². The third kappa shape index (κ3) is 6.14. The largest absolute Gasteiger partial charge is 0.394 e. The van der Waals surface area contributed by atoms with E-state index in [4.69, 9.17) is 28.0 Å². The zero-order valence-electron chi connectivity index (χ0n) is 21.8. The standard InChI is InChI=1S/C31H29Cl2N3O5/c32-20-13-14-24(25(33)16-20)28-27(30(39)35-41-18-21-10-6-7-15-34-21)22-11-4-5-12-23(22)31(40)36(28)26(17-37)29(38)19-8-2-1-3-9-19/h1-16,26-30,35,37-39H,17-18H2/t26-,27+,28-,29-,30?/m0/s1. The first kappa shape index (κ1) is 29.2. The van der Waals surface area contributed by atoms with Crippen molar-refractivity contribution in [2.45, 2.75) is 36.9 Å². The molecule has 0 fully saturated rings. The maximum Gasteiger partial charge on any atom is 0.255 e. The number of hydrogen-bond donors (Lipinski definition) is 4. The third-order valence-electron chi connectivity index (χ3n) is 7.25. The van der Waals surface area contributed by atoms with E-state index in [1.807, 2.05) is 12.1 Å². The fourth-order valence-electron chi connectivity index (χ4n) is 5.35. The molecule has 5 rings (SSSR count). The predicted octanol–water partition coefficient (Wildman–Crippen LogP) is 4.80. The van der Waals surface area contributed by atoms with E-state index in [1.165, 1.54) is 4.90 Å². The fourth-order valence-corrected chi connectivity index (χ4v) is 5.87. The summed E-state index contributed by atoms with van der Waals surface area (Å²) in [6.07, 6.45) is -0.947. The molecule has 10 heteroatoms. The van der Waals surface area contributed by atoms with Crippen molar-refractivity contribution in [3.05, 3.63) is 135 Å². The summed E-state index contributed by atoms with van der Waals surface area (Å²) in [5.74, 6) is -1.26.